The van der Waals surface area contributed by atoms with E-state index in [0.717, 1.165) is 37.0 Å². The van der Waals surface area contributed by atoms with Crippen LogP contribution in [0.2, 0.25) is 0 Å². The van der Waals surface area contributed by atoms with Gasteiger partial charge >= 0.3 is 6.61 Å². The van der Waals surface area contributed by atoms with Crippen LogP contribution in [-0.4, -0.2) is 28.5 Å². The van der Waals surface area contributed by atoms with Crippen molar-refractivity contribution in [3.63, 3.8) is 0 Å². The number of carbonyl (C=O) groups is 1. The minimum atomic E-state index is -3.30. The SMILES string of the molecule is C[C@@H]1C[C@@H](N)C[C@H](c2ccncc2NC(=O)c2ccc(F)c(-c3c(F)cc(OC(F)F)cc3F)n2)C1. The van der Waals surface area contributed by atoms with Crippen LogP contribution in [-0.2, 0) is 0 Å². The molecule has 4 rings (SSSR count). The fourth-order valence-electron chi connectivity index (χ4n) is 4.65. The lowest BCUT2D eigenvalue weighted by Gasteiger charge is -2.32. The summed E-state index contributed by atoms with van der Waals surface area (Å²) < 4.78 is 72.3. The maximum Gasteiger partial charge on any atom is 0.387 e. The van der Waals surface area contributed by atoms with Crippen molar-refractivity contribution in [1.29, 1.82) is 0 Å². The molecule has 1 saturated carbocycles. The van der Waals surface area contributed by atoms with Gasteiger partial charge in [-0.05, 0) is 54.9 Å². The third kappa shape index (κ3) is 5.62. The molecule has 3 N–H and O–H groups in total. The van der Waals surface area contributed by atoms with Crippen molar-refractivity contribution >= 4 is 11.6 Å². The van der Waals surface area contributed by atoms with Gasteiger partial charge in [-0.25, -0.2) is 18.2 Å². The number of amides is 1. The van der Waals surface area contributed by atoms with Crippen molar-refractivity contribution in [1.82, 2.24) is 9.97 Å². The average Bonchev–Trinajstić information content (AvgIpc) is 2.79. The molecule has 0 spiro atoms. The molecule has 1 aromatic carbocycles. The Bertz CT molecular complexity index is 1240. The summed E-state index contributed by atoms with van der Waals surface area (Å²) >= 11 is 0. The fourth-order valence-corrected chi connectivity index (χ4v) is 4.65. The second-order valence-corrected chi connectivity index (χ2v) is 8.85. The van der Waals surface area contributed by atoms with E-state index in [1.54, 1.807) is 12.3 Å². The van der Waals surface area contributed by atoms with Gasteiger partial charge in [-0.15, -0.1) is 0 Å². The lowest BCUT2D eigenvalue weighted by atomic mass is 9.76. The number of ether oxygens (including phenoxy) is 1. The topological polar surface area (TPSA) is 90.1 Å². The predicted octanol–water partition coefficient (Wildman–Crippen LogP) is 5.65. The van der Waals surface area contributed by atoms with Gasteiger partial charge in [0.1, 0.15) is 34.6 Å². The highest BCUT2D eigenvalue weighted by atomic mass is 19.3. The first-order chi connectivity index (χ1) is 17.1. The standard InChI is InChI=1S/C25H23F5N4O2/c1-12-6-13(8-14(31)7-12)16-4-5-32-11-21(16)34-24(35)20-3-2-17(26)23(33-20)22-18(27)9-15(10-19(22)28)36-25(29)30/h2-5,9-14,25H,6-8,31H2,1H3,(H,34,35)/t12-,13+,14+/m0/s1. The van der Waals surface area contributed by atoms with E-state index in [9.17, 15) is 26.7 Å². The lowest BCUT2D eigenvalue weighted by Crippen LogP contribution is -2.31. The first-order valence-corrected chi connectivity index (χ1v) is 11.2. The highest BCUT2D eigenvalue weighted by Crippen LogP contribution is 2.38. The zero-order chi connectivity index (χ0) is 26.0. The number of nitrogens with one attached hydrogen (secondary N) is 1. The third-order valence-corrected chi connectivity index (χ3v) is 6.08. The fraction of sp³-hybridized carbons (Fsp3) is 0.320. The number of hydrogen-bond donors (Lipinski definition) is 2. The molecule has 0 radical (unpaired) electrons. The Balaban J connectivity index is 1.63. The Labute approximate surface area is 203 Å². The molecule has 6 nitrogen and oxygen atoms in total. The van der Waals surface area contributed by atoms with E-state index < -0.39 is 47.0 Å². The predicted molar refractivity (Wildman–Crippen MR) is 122 cm³/mol. The normalized spacial score (nSPS) is 19.8. The molecule has 1 amide bonds. The molecule has 2 aromatic heterocycles. The van der Waals surface area contributed by atoms with Gasteiger partial charge in [0, 0.05) is 24.4 Å². The molecule has 2 heterocycles. The number of rotatable bonds is 6. The molecule has 0 unspecified atom stereocenters. The summed E-state index contributed by atoms with van der Waals surface area (Å²) in [5.74, 6) is -4.91. The number of aromatic nitrogens is 2. The third-order valence-electron chi connectivity index (χ3n) is 6.08. The van der Waals surface area contributed by atoms with E-state index in [-0.39, 0.29) is 17.7 Å². The number of hydrogen-bond acceptors (Lipinski definition) is 5. The highest BCUT2D eigenvalue weighted by molar-refractivity contribution is 6.03. The van der Waals surface area contributed by atoms with E-state index in [0.29, 0.717) is 23.7 Å². The summed E-state index contributed by atoms with van der Waals surface area (Å²) in [6.07, 6.45) is 5.61. The van der Waals surface area contributed by atoms with Gasteiger partial charge in [0.05, 0.1) is 17.4 Å². The number of nitrogens with two attached hydrogens (primary N) is 1. The summed E-state index contributed by atoms with van der Waals surface area (Å²) in [4.78, 5) is 20.9. The van der Waals surface area contributed by atoms with Crippen LogP contribution in [0.5, 0.6) is 5.75 Å². The van der Waals surface area contributed by atoms with Gasteiger partial charge in [-0.1, -0.05) is 6.92 Å². The molecule has 3 atom stereocenters. The first-order valence-electron chi connectivity index (χ1n) is 11.2. The van der Waals surface area contributed by atoms with Gasteiger partial charge in [-0.3, -0.25) is 9.78 Å². The zero-order valence-electron chi connectivity index (χ0n) is 19.2. The van der Waals surface area contributed by atoms with Crippen LogP contribution >= 0.6 is 0 Å². The molecule has 0 bridgehead atoms. The summed E-state index contributed by atoms with van der Waals surface area (Å²) in [7, 11) is 0. The number of halogens is 5. The van der Waals surface area contributed by atoms with E-state index in [1.807, 2.05) is 0 Å². The van der Waals surface area contributed by atoms with Crippen molar-refractivity contribution in [2.75, 3.05) is 5.32 Å². The number of anilines is 1. The average molecular weight is 506 g/mol. The van der Waals surface area contributed by atoms with E-state index >= 15 is 0 Å². The first kappa shape index (κ1) is 25.5. The van der Waals surface area contributed by atoms with Gasteiger partial charge < -0.3 is 15.8 Å². The lowest BCUT2D eigenvalue weighted by molar-refractivity contribution is -0.0501. The molecule has 190 valence electrons. The van der Waals surface area contributed by atoms with Crippen molar-refractivity contribution in [2.24, 2.45) is 11.7 Å². The van der Waals surface area contributed by atoms with Crippen molar-refractivity contribution < 1.29 is 31.5 Å². The minimum Gasteiger partial charge on any atom is -0.435 e. The van der Waals surface area contributed by atoms with E-state index in [1.165, 1.54) is 6.20 Å². The Morgan fingerprint density at radius 2 is 1.81 bits per heavy atom. The molecule has 0 saturated heterocycles. The summed E-state index contributed by atoms with van der Waals surface area (Å²) in [5.41, 5.74) is 5.42. The van der Waals surface area contributed by atoms with Gasteiger partial charge in [0.25, 0.3) is 5.91 Å². The molecule has 36 heavy (non-hydrogen) atoms. The smallest absolute Gasteiger partial charge is 0.387 e. The minimum absolute atomic E-state index is 0.0269. The Hall–Kier alpha value is -3.60. The number of nitrogens with zero attached hydrogens (tertiary/aromatic N) is 2. The van der Waals surface area contributed by atoms with Gasteiger partial charge in [-0.2, -0.15) is 8.78 Å². The molecule has 1 aliphatic rings. The molecule has 0 aliphatic heterocycles. The molecular formula is C25H23F5N4O2. The Morgan fingerprint density at radius 1 is 1.08 bits per heavy atom. The zero-order valence-corrected chi connectivity index (χ0v) is 19.2. The van der Waals surface area contributed by atoms with Crippen LogP contribution in [0, 0.1) is 23.4 Å². The largest absolute Gasteiger partial charge is 0.435 e. The van der Waals surface area contributed by atoms with Gasteiger partial charge in [0.2, 0.25) is 0 Å². The number of pyridine rings is 2. The molecular weight excluding hydrogens is 483 g/mol. The summed E-state index contributed by atoms with van der Waals surface area (Å²) in [6, 6.07) is 4.69. The highest BCUT2D eigenvalue weighted by Gasteiger charge is 2.28. The van der Waals surface area contributed by atoms with E-state index in [2.05, 4.69) is 26.9 Å². The van der Waals surface area contributed by atoms with Gasteiger partial charge in [0.15, 0.2) is 0 Å². The Morgan fingerprint density at radius 3 is 2.47 bits per heavy atom. The van der Waals surface area contributed by atoms with Crippen LogP contribution in [0.3, 0.4) is 0 Å². The van der Waals surface area contributed by atoms with Crippen LogP contribution in [0.4, 0.5) is 27.6 Å². The van der Waals surface area contributed by atoms with Crippen LogP contribution in [0.25, 0.3) is 11.3 Å². The second-order valence-electron chi connectivity index (χ2n) is 8.85. The van der Waals surface area contributed by atoms with E-state index in [4.69, 9.17) is 5.73 Å². The van der Waals surface area contributed by atoms with Crippen LogP contribution in [0.1, 0.15) is 48.2 Å². The maximum absolute atomic E-state index is 14.5. The number of carbonyl (C=O) groups excluding carboxylic acids is 1. The van der Waals surface area contributed by atoms with Crippen LogP contribution in [0.15, 0.2) is 42.7 Å². The molecule has 11 heteroatoms. The molecule has 1 fully saturated rings. The van der Waals surface area contributed by atoms with Crippen molar-refractivity contribution in [3.8, 4) is 17.0 Å². The second kappa shape index (κ2) is 10.6. The van der Waals surface area contributed by atoms with Crippen molar-refractivity contribution in [3.05, 3.63) is 71.4 Å². The molecule has 3 aromatic rings. The summed E-state index contributed by atoms with van der Waals surface area (Å²) in [6.45, 7) is -1.19. The van der Waals surface area contributed by atoms with Crippen LogP contribution < -0.4 is 15.8 Å². The number of alkyl halides is 2. The molecule has 1 aliphatic carbocycles. The monoisotopic (exact) mass is 506 g/mol. The Kier molecular flexibility index (Phi) is 7.48. The quantitative estimate of drug-likeness (QED) is 0.422. The van der Waals surface area contributed by atoms with Crippen molar-refractivity contribution in [2.45, 2.75) is 44.8 Å². The maximum atomic E-state index is 14.5. The summed E-state index contributed by atoms with van der Waals surface area (Å²) in [5, 5.41) is 2.69. The number of benzene rings is 1.